The van der Waals surface area contributed by atoms with Crippen LogP contribution in [0.25, 0.3) is 10.9 Å². The van der Waals surface area contributed by atoms with Crippen LogP contribution in [0.2, 0.25) is 0 Å². The molecule has 2 aromatic rings. The monoisotopic (exact) mass is 242 g/mol. The van der Waals surface area contributed by atoms with Crippen LogP contribution in [-0.4, -0.2) is 28.9 Å². The summed E-state index contributed by atoms with van der Waals surface area (Å²) in [5.41, 5.74) is 1.85. The second-order valence-electron chi connectivity index (χ2n) is 5.27. The van der Waals surface area contributed by atoms with Crippen molar-refractivity contribution in [2.24, 2.45) is 5.92 Å². The Morgan fingerprint density at radius 1 is 1.39 bits per heavy atom. The third kappa shape index (κ3) is 1.90. The quantitative estimate of drug-likeness (QED) is 0.882. The van der Waals surface area contributed by atoms with Crippen molar-refractivity contribution in [3.8, 4) is 0 Å². The van der Waals surface area contributed by atoms with E-state index < -0.39 is 0 Å². The molecule has 1 aromatic heterocycles. The van der Waals surface area contributed by atoms with Gasteiger partial charge < -0.3 is 9.88 Å². The maximum atomic E-state index is 12.4. The maximum Gasteiger partial charge on any atom is 0.253 e. The van der Waals surface area contributed by atoms with Crippen molar-refractivity contribution in [3.05, 3.63) is 36.0 Å². The average Bonchev–Trinajstić information content (AvgIpc) is 3.13. The van der Waals surface area contributed by atoms with Crippen LogP contribution >= 0.6 is 0 Å². The van der Waals surface area contributed by atoms with E-state index in [4.69, 9.17) is 0 Å². The normalized spacial score (nSPS) is 16.8. The van der Waals surface area contributed by atoms with Gasteiger partial charge in [-0.25, -0.2) is 0 Å². The van der Waals surface area contributed by atoms with Gasteiger partial charge in [0.15, 0.2) is 0 Å². The molecule has 0 aliphatic heterocycles. The predicted molar refractivity (Wildman–Crippen MR) is 72.6 cm³/mol. The molecular formula is C15H18N2O. The first-order valence-electron chi connectivity index (χ1n) is 6.51. The molecular weight excluding hydrogens is 224 g/mol. The minimum atomic E-state index is 0.123. The van der Waals surface area contributed by atoms with Crippen LogP contribution in [0, 0.1) is 5.92 Å². The van der Waals surface area contributed by atoms with Gasteiger partial charge in [0.25, 0.3) is 5.91 Å². The lowest BCUT2D eigenvalue weighted by molar-refractivity contribution is 0.0727. The number of rotatable bonds is 3. The number of amides is 1. The summed E-state index contributed by atoms with van der Waals surface area (Å²) >= 11 is 0. The zero-order chi connectivity index (χ0) is 12.7. The number of carbonyl (C=O) groups is 1. The summed E-state index contributed by atoms with van der Waals surface area (Å²) in [6, 6.07) is 8.18. The number of hydrogen-bond donors (Lipinski definition) is 1. The highest BCUT2D eigenvalue weighted by molar-refractivity contribution is 5.98. The molecule has 0 radical (unpaired) electrons. The predicted octanol–water partition coefficient (Wildman–Crippen LogP) is 3.04. The van der Waals surface area contributed by atoms with E-state index in [1.54, 1.807) is 0 Å². The maximum absolute atomic E-state index is 12.4. The van der Waals surface area contributed by atoms with E-state index >= 15 is 0 Å². The van der Waals surface area contributed by atoms with Crippen molar-refractivity contribution in [2.45, 2.75) is 25.8 Å². The molecule has 0 saturated heterocycles. The number of benzene rings is 1. The highest BCUT2D eigenvalue weighted by Gasteiger charge is 2.32. The Hall–Kier alpha value is -1.77. The summed E-state index contributed by atoms with van der Waals surface area (Å²) in [4.78, 5) is 17.4. The molecule has 1 unspecified atom stereocenters. The van der Waals surface area contributed by atoms with Gasteiger partial charge in [0.05, 0.1) is 0 Å². The van der Waals surface area contributed by atoms with Gasteiger partial charge in [0.1, 0.15) is 0 Å². The molecule has 1 saturated carbocycles. The first kappa shape index (κ1) is 11.3. The molecule has 1 aromatic carbocycles. The highest BCUT2D eigenvalue weighted by atomic mass is 16.2. The van der Waals surface area contributed by atoms with Crippen molar-refractivity contribution >= 4 is 16.8 Å². The second-order valence-corrected chi connectivity index (χ2v) is 5.27. The molecule has 1 atom stereocenters. The molecule has 94 valence electrons. The van der Waals surface area contributed by atoms with Crippen molar-refractivity contribution in [2.75, 3.05) is 7.05 Å². The Morgan fingerprint density at radius 3 is 2.89 bits per heavy atom. The van der Waals surface area contributed by atoms with Crippen LogP contribution in [0.1, 0.15) is 30.1 Å². The van der Waals surface area contributed by atoms with Crippen molar-refractivity contribution in [1.29, 1.82) is 0 Å². The van der Waals surface area contributed by atoms with E-state index in [-0.39, 0.29) is 5.91 Å². The molecule has 3 rings (SSSR count). The molecule has 3 nitrogen and oxygen atoms in total. The van der Waals surface area contributed by atoms with Gasteiger partial charge in [-0.2, -0.15) is 0 Å². The Bertz CT molecular complexity index is 583. The third-order valence-electron chi connectivity index (χ3n) is 4.04. The number of fused-ring (bicyclic) bond motifs is 1. The van der Waals surface area contributed by atoms with Crippen molar-refractivity contribution in [3.63, 3.8) is 0 Å². The number of H-pyrrole nitrogens is 1. The molecule has 1 amide bonds. The van der Waals surface area contributed by atoms with Crippen LogP contribution in [0.3, 0.4) is 0 Å². The van der Waals surface area contributed by atoms with Gasteiger partial charge in [-0.1, -0.05) is 0 Å². The molecule has 1 N–H and O–H groups in total. The summed E-state index contributed by atoms with van der Waals surface area (Å²) in [6.07, 6.45) is 4.42. The molecule has 18 heavy (non-hydrogen) atoms. The Kier molecular flexibility index (Phi) is 2.62. The van der Waals surface area contributed by atoms with Gasteiger partial charge >= 0.3 is 0 Å². The van der Waals surface area contributed by atoms with E-state index in [0.717, 1.165) is 16.5 Å². The second kappa shape index (κ2) is 4.16. The SMILES string of the molecule is CC(C1CC1)N(C)C(=O)c1ccc2[nH]ccc2c1. The lowest BCUT2D eigenvalue weighted by Gasteiger charge is -2.25. The minimum Gasteiger partial charge on any atom is -0.361 e. The number of aromatic nitrogens is 1. The van der Waals surface area contributed by atoms with Crippen molar-refractivity contribution < 1.29 is 4.79 Å². The first-order valence-corrected chi connectivity index (χ1v) is 6.51. The summed E-state index contributed by atoms with van der Waals surface area (Å²) in [6.45, 7) is 2.14. The van der Waals surface area contributed by atoms with E-state index in [0.29, 0.717) is 12.0 Å². The minimum absolute atomic E-state index is 0.123. The number of nitrogens with one attached hydrogen (secondary N) is 1. The lowest BCUT2D eigenvalue weighted by Crippen LogP contribution is -2.36. The van der Waals surface area contributed by atoms with E-state index in [9.17, 15) is 4.79 Å². The molecule has 0 spiro atoms. The van der Waals surface area contributed by atoms with Gasteiger partial charge in [0, 0.05) is 35.8 Å². The van der Waals surface area contributed by atoms with Gasteiger partial charge in [-0.15, -0.1) is 0 Å². The molecule has 1 heterocycles. The highest BCUT2D eigenvalue weighted by Crippen LogP contribution is 2.35. The fraction of sp³-hybridized carbons (Fsp3) is 0.400. The fourth-order valence-corrected chi connectivity index (χ4v) is 2.47. The molecule has 1 fully saturated rings. The Balaban J connectivity index is 1.85. The van der Waals surface area contributed by atoms with Crippen LogP contribution in [0.5, 0.6) is 0 Å². The Labute approximate surface area is 107 Å². The summed E-state index contributed by atoms with van der Waals surface area (Å²) in [5, 5.41) is 1.09. The topological polar surface area (TPSA) is 36.1 Å². The summed E-state index contributed by atoms with van der Waals surface area (Å²) in [7, 11) is 1.91. The van der Waals surface area contributed by atoms with Crippen LogP contribution in [0.15, 0.2) is 30.5 Å². The van der Waals surface area contributed by atoms with Crippen LogP contribution in [-0.2, 0) is 0 Å². The number of hydrogen-bond acceptors (Lipinski definition) is 1. The zero-order valence-electron chi connectivity index (χ0n) is 10.8. The standard InChI is InChI=1S/C15H18N2O/c1-10(11-3-4-11)17(2)15(18)13-5-6-14-12(9-13)7-8-16-14/h5-11,16H,3-4H2,1-2H3. The third-order valence-corrected chi connectivity index (χ3v) is 4.04. The molecule has 1 aliphatic carbocycles. The molecule has 3 heteroatoms. The van der Waals surface area contributed by atoms with E-state index in [1.807, 2.05) is 42.4 Å². The molecule has 1 aliphatic rings. The lowest BCUT2D eigenvalue weighted by atomic mass is 10.1. The van der Waals surface area contributed by atoms with Crippen LogP contribution in [0.4, 0.5) is 0 Å². The van der Waals surface area contributed by atoms with Gasteiger partial charge in [0.2, 0.25) is 0 Å². The van der Waals surface area contributed by atoms with Gasteiger partial charge in [-0.3, -0.25) is 4.79 Å². The first-order chi connectivity index (χ1) is 8.66. The van der Waals surface area contributed by atoms with E-state index in [1.165, 1.54) is 12.8 Å². The smallest absolute Gasteiger partial charge is 0.253 e. The summed E-state index contributed by atoms with van der Waals surface area (Å²) in [5.74, 6) is 0.826. The number of nitrogens with zero attached hydrogens (tertiary/aromatic N) is 1. The zero-order valence-corrected chi connectivity index (χ0v) is 10.8. The largest absolute Gasteiger partial charge is 0.361 e. The number of carbonyl (C=O) groups excluding carboxylic acids is 1. The Morgan fingerprint density at radius 2 is 2.17 bits per heavy atom. The van der Waals surface area contributed by atoms with E-state index in [2.05, 4.69) is 11.9 Å². The van der Waals surface area contributed by atoms with Gasteiger partial charge in [-0.05, 0) is 49.9 Å². The number of aromatic amines is 1. The van der Waals surface area contributed by atoms with Crippen LogP contribution < -0.4 is 0 Å². The molecule has 0 bridgehead atoms. The fourth-order valence-electron chi connectivity index (χ4n) is 2.47. The average molecular weight is 242 g/mol. The summed E-state index contributed by atoms with van der Waals surface area (Å²) < 4.78 is 0. The van der Waals surface area contributed by atoms with Crippen molar-refractivity contribution in [1.82, 2.24) is 9.88 Å².